The minimum Gasteiger partial charge on any atom is -0.390 e. The van der Waals surface area contributed by atoms with Crippen LogP contribution in [-0.2, 0) is 29.2 Å². The van der Waals surface area contributed by atoms with Crippen LogP contribution in [-0.4, -0.2) is 97.0 Å². The highest BCUT2D eigenvalue weighted by Crippen LogP contribution is 2.37. The van der Waals surface area contributed by atoms with E-state index in [0.717, 1.165) is 49.5 Å². The molecule has 0 radical (unpaired) electrons. The lowest BCUT2D eigenvalue weighted by Crippen LogP contribution is -2.49. The Morgan fingerprint density at radius 3 is 1.86 bits per heavy atom. The molecule has 2 bridgehead atoms. The van der Waals surface area contributed by atoms with Crippen LogP contribution in [0, 0.1) is 33.5 Å². The van der Waals surface area contributed by atoms with Crippen LogP contribution in [0.15, 0.2) is 32.6 Å². The number of hydrogen-bond acceptors (Lipinski definition) is 10. The molecule has 0 amide bonds. The molecule has 7 rings (SSSR count). The lowest BCUT2D eigenvalue weighted by atomic mass is 9.99. The maximum atomic E-state index is 14.1. The Morgan fingerprint density at radius 1 is 0.839 bits per heavy atom. The van der Waals surface area contributed by atoms with Crippen LogP contribution < -0.4 is 17.1 Å². The standard InChI is InChI=1S/C24H35FN4O3.C9H15N3O2.C6H11N3O/c1-15(2)29-17(4)26-28(24(29)31)13-20(30)12-27-18-8-9-19(27)11-21(10-18)32-14-22-16(3)6-5-7-23(22)25;1-6(2)12-7(3)10-11(9(12)13)4-8-5-14-8;1-4(2)9-5(3)7-8-6(9)10/h5-7,15,18-21,30H,8-14H2,1-4H3;6,8H,4-5H2,1-3H3;4H,1-3H3,(H,8,10). The van der Waals surface area contributed by atoms with Gasteiger partial charge in [-0.15, -0.1) is 0 Å². The lowest BCUT2D eigenvalue weighted by molar-refractivity contribution is -0.0410. The Bertz CT molecular complexity index is 2050. The number of rotatable bonds is 12. The quantitative estimate of drug-likeness (QED) is 0.201. The summed E-state index contributed by atoms with van der Waals surface area (Å²) in [5, 5.41) is 25.4. The Balaban J connectivity index is 0.000000203. The zero-order valence-electron chi connectivity index (χ0n) is 34.6. The number of nitrogens with one attached hydrogen (secondary N) is 1. The van der Waals surface area contributed by atoms with Crippen LogP contribution in [0.5, 0.6) is 0 Å². The highest BCUT2D eigenvalue weighted by atomic mass is 19.1. The molecule has 56 heavy (non-hydrogen) atoms. The number of hydrogen-bond donors (Lipinski definition) is 2. The zero-order valence-corrected chi connectivity index (χ0v) is 34.6. The molecule has 4 unspecified atom stereocenters. The normalized spacial score (nSPS) is 21.0. The SMILES string of the molecule is Cc1cccc(F)c1COC1CC2CCC(C1)N2CC(O)Cn1nc(C)n(C(C)C)c1=O.Cc1n[nH]c(=O)n1C(C)C.Cc1nn(CC2CO2)c(=O)n1C(C)C. The highest BCUT2D eigenvalue weighted by molar-refractivity contribution is 5.26. The third-order valence-corrected chi connectivity index (χ3v) is 10.8. The van der Waals surface area contributed by atoms with E-state index in [4.69, 9.17) is 9.47 Å². The number of fused-ring (bicyclic) bond motifs is 2. The molecule has 310 valence electrons. The molecule has 17 heteroatoms. The van der Waals surface area contributed by atoms with E-state index in [1.165, 1.54) is 15.4 Å². The van der Waals surface area contributed by atoms with Crippen molar-refractivity contribution in [3.8, 4) is 0 Å². The van der Waals surface area contributed by atoms with Gasteiger partial charge in [0.05, 0.1) is 38.5 Å². The molecule has 0 saturated carbocycles. The van der Waals surface area contributed by atoms with Crippen LogP contribution in [0.2, 0.25) is 0 Å². The summed E-state index contributed by atoms with van der Waals surface area (Å²) in [5.74, 6) is 1.96. The van der Waals surface area contributed by atoms with Crippen LogP contribution in [0.3, 0.4) is 0 Å². The fourth-order valence-electron chi connectivity index (χ4n) is 8.05. The van der Waals surface area contributed by atoms with Crippen molar-refractivity contribution in [2.24, 2.45) is 0 Å². The molecule has 3 fully saturated rings. The van der Waals surface area contributed by atoms with Crippen molar-refractivity contribution < 1.29 is 19.0 Å². The van der Waals surface area contributed by atoms with Crippen LogP contribution >= 0.6 is 0 Å². The third kappa shape index (κ3) is 10.2. The monoisotopic (exact) mass is 784 g/mol. The van der Waals surface area contributed by atoms with Gasteiger partial charge in [-0.3, -0.25) is 18.6 Å². The molecular formula is C39H61FN10O6. The van der Waals surface area contributed by atoms with Gasteiger partial charge >= 0.3 is 17.1 Å². The van der Waals surface area contributed by atoms with Gasteiger partial charge in [-0.1, -0.05) is 12.1 Å². The van der Waals surface area contributed by atoms with Crippen LogP contribution in [0.25, 0.3) is 0 Å². The number of benzene rings is 1. The van der Waals surface area contributed by atoms with E-state index < -0.39 is 6.10 Å². The van der Waals surface area contributed by atoms with Gasteiger partial charge in [0.1, 0.15) is 29.4 Å². The number of nitrogens with zero attached hydrogens (tertiary/aromatic N) is 9. The van der Waals surface area contributed by atoms with Crippen molar-refractivity contribution >= 4 is 0 Å². The van der Waals surface area contributed by atoms with Crippen molar-refractivity contribution in [3.63, 3.8) is 0 Å². The third-order valence-electron chi connectivity index (χ3n) is 10.8. The largest absolute Gasteiger partial charge is 0.390 e. The van der Waals surface area contributed by atoms with Gasteiger partial charge in [0.2, 0.25) is 0 Å². The van der Waals surface area contributed by atoms with Gasteiger partial charge in [-0.05, 0) is 107 Å². The number of aromatic nitrogens is 9. The van der Waals surface area contributed by atoms with Crippen molar-refractivity contribution in [1.29, 1.82) is 0 Å². The molecule has 4 atom stereocenters. The molecule has 1 aromatic carbocycles. The first-order valence-electron chi connectivity index (χ1n) is 19.8. The number of H-pyrrole nitrogens is 1. The number of aromatic amines is 1. The summed E-state index contributed by atoms with van der Waals surface area (Å²) < 4.78 is 33.1. The Kier molecular flexibility index (Phi) is 14.1. The summed E-state index contributed by atoms with van der Waals surface area (Å²) in [6.07, 6.45) is 3.57. The van der Waals surface area contributed by atoms with E-state index in [1.54, 1.807) is 26.7 Å². The minimum absolute atomic E-state index is 0.0343. The molecule has 4 aromatic rings. The summed E-state index contributed by atoms with van der Waals surface area (Å²) in [4.78, 5) is 37.7. The second-order valence-electron chi connectivity index (χ2n) is 16.1. The second-order valence-corrected chi connectivity index (χ2v) is 16.1. The van der Waals surface area contributed by atoms with E-state index in [1.807, 2.05) is 68.4 Å². The number of piperidine rings is 1. The average molecular weight is 785 g/mol. The molecule has 0 spiro atoms. The fourth-order valence-corrected chi connectivity index (χ4v) is 8.05. The molecule has 2 N–H and O–H groups in total. The van der Waals surface area contributed by atoms with Gasteiger partial charge in [0.15, 0.2) is 0 Å². The van der Waals surface area contributed by atoms with Crippen molar-refractivity contribution in [1.82, 2.24) is 48.4 Å². The van der Waals surface area contributed by atoms with E-state index in [2.05, 4.69) is 25.3 Å². The number of ether oxygens (including phenoxy) is 2. The van der Waals surface area contributed by atoms with Gasteiger partial charge in [0, 0.05) is 42.3 Å². The van der Waals surface area contributed by atoms with E-state index in [9.17, 15) is 23.9 Å². The summed E-state index contributed by atoms with van der Waals surface area (Å²) in [6.45, 7) is 21.5. The molecule has 3 saturated heterocycles. The number of aryl methyl sites for hydroxylation is 4. The van der Waals surface area contributed by atoms with Gasteiger partial charge < -0.3 is 14.6 Å². The van der Waals surface area contributed by atoms with Gasteiger partial charge in [-0.25, -0.2) is 33.2 Å². The highest BCUT2D eigenvalue weighted by Gasteiger charge is 2.42. The van der Waals surface area contributed by atoms with Crippen LogP contribution in [0.1, 0.15) is 114 Å². The summed E-state index contributed by atoms with van der Waals surface area (Å²) in [6, 6.07) is 6.20. The first-order chi connectivity index (χ1) is 26.5. The first kappa shape index (κ1) is 42.9. The zero-order chi connectivity index (χ0) is 41.0. The molecule has 0 aliphatic carbocycles. The molecule has 3 aliphatic heterocycles. The molecule has 16 nitrogen and oxygen atoms in total. The Hall–Kier alpha value is -4.19. The smallest absolute Gasteiger partial charge is 0.346 e. The van der Waals surface area contributed by atoms with Crippen molar-refractivity contribution in [2.45, 2.75) is 163 Å². The minimum atomic E-state index is -0.663. The van der Waals surface area contributed by atoms with Crippen molar-refractivity contribution in [2.75, 3.05) is 13.2 Å². The topological polar surface area (TPSA) is 176 Å². The van der Waals surface area contributed by atoms with Crippen LogP contribution in [0.4, 0.5) is 4.39 Å². The van der Waals surface area contributed by atoms with Crippen molar-refractivity contribution in [3.05, 3.63) is 84.1 Å². The summed E-state index contributed by atoms with van der Waals surface area (Å²) in [5.41, 5.74) is 1.22. The molecular weight excluding hydrogens is 723 g/mol. The summed E-state index contributed by atoms with van der Waals surface area (Å²) >= 11 is 0. The predicted molar refractivity (Wildman–Crippen MR) is 209 cm³/mol. The van der Waals surface area contributed by atoms with Gasteiger partial charge in [0.25, 0.3) is 0 Å². The fraction of sp³-hybridized carbons (Fsp3) is 0.692. The number of halogens is 1. The van der Waals surface area contributed by atoms with Gasteiger partial charge in [-0.2, -0.15) is 15.3 Å². The first-order valence-corrected chi connectivity index (χ1v) is 19.8. The maximum Gasteiger partial charge on any atom is 0.346 e. The lowest BCUT2D eigenvalue weighted by Gasteiger charge is -2.39. The number of aliphatic hydroxyl groups is 1. The molecule has 6 heterocycles. The number of epoxide rings is 1. The summed E-state index contributed by atoms with van der Waals surface area (Å²) in [7, 11) is 0. The maximum absolute atomic E-state index is 14.1. The van der Waals surface area contributed by atoms with E-state index >= 15 is 0 Å². The molecule has 3 aromatic heterocycles. The average Bonchev–Trinajstić information content (AvgIpc) is 3.64. The number of aliphatic hydroxyl groups excluding tert-OH is 1. The molecule has 3 aliphatic rings. The predicted octanol–water partition coefficient (Wildman–Crippen LogP) is 3.75. The van der Waals surface area contributed by atoms with E-state index in [-0.39, 0.29) is 59.8 Å². The Morgan fingerprint density at radius 2 is 1.39 bits per heavy atom. The second kappa shape index (κ2) is 18.4. The van der Waals surface area contributed by atoms with E-state index in [0.29, 0.717) is 43.2 Å². The Labute approximate surface area is 327 Å².